The highest BCUT2D eigenvalue weighted by atomic mass is 35.5. The summed E-state index contributed by atoms with van der Waals surface area (Å²) in [6, 6.07) is 4.53. The Balaban J connectivity index is 2.16. The van der Waals surface area contributed by atoms with Gasteiger partial charge in [0.25, 0.3) is 0 Å². The van der Waals surface area contributed by atoms with E-state index in [2.05, 4.69) is 15.3 Å². The average Bonchev–Trinajstić information content (AvgIpc) is 2.38. The zero-order valence-electron chi connectivity index (χ0n) is 9.65. The summed E-state index contributed by atoms with van der Waals surface area (Å²) in [4.78, 5) is 8.14. The summed E-state index contributed by atoms with van der Waals surface area (Å²) in [7, 11) is 1.81. The Hall–Kier alpha value is -1.72. The molecular weight excluding hydrogens is 257 g/mol. The molecule has 0 aliphatic carbocycles. The first-order valence-corrected chi connectivity index (χ1v) is 5.66. The first-order chi connectivity index (χ1) is 8.70. The van der Waals surface area contributed by atoms with Crippen LogP contribution in [0.3, 0.4) is 0 Å². The third-order valence-corrected chi connectivity index (χ3v) is 2.46. The Kier molecular flexibility index (Phi) is 4.07. The van der Waals surface area contributed by atoms with Crippen LogP contribution in [0.25, 0.3) is 0 Å². The summed E-state index contributed by atoms with van der Waals surface area (Å²) in [5.74, 6) is -0.366. The van der Waals surface area contributed by atoms with E-state index in [0.29, 0.717) is 6.54 Å². The lowest BCUT2D eigenvalue weighted by Crippen LogP contribution is -2.07. The van der Waals surface area contributed by atoms with Crippen molar-refractivity contribution < 1.29 is 9.13 Å². The molecule has 0 saturated heterocycles. The summed E-state index contributed by atoms with van der Waals surface area (Å²) >= 11 is 5.65. The highest BCUT2D eigenvalue weighted by Gasteiger charge is 2.09. The van der Waals surface area contributed by atoms with E-state index in [0.717, 1.165) is 5.69 Å². The smallest absolute Gasteiger partial charge is 0.237 e. The van der Waals surface area contributed by atoms with Crippen molar-refractivity contribution in [2.24, 2.45) is 0 Å². The summed E-state index contributed by atoms with van der Waals surface area (Å²) in [5, 5.41) is 2.96. The molecule has 0 spiro atoms. The molecule has 0 bridgehead atoms. The minimum atomic E-state index is -0.611. The van der Waals surface area contributed by atoms with Crippen LogP contribution < -0.4 is 10.1 Å². The maximum absolute atomic E-state index is 13.6. The van der Waals surface area contributed by atoms with Crippen molar-refractivity contribution in [1.29, 1.82) is 0 Å². The van der Waals surface area contributed by atoms with E-state index in [-0.39, 0.29) is 16.7 Å². The van der Waals surface area contributed by atoms with Gasteiger partial charge in [0, 0.05) is 6.54 Å². The van der Waals surface area contributed by atoms with E-state index in [9.17, 15) is 4.39 Å². The van der Waals surface area contributed by atoms with Gasteiger partial charge in [-0.1, -0.05) is 17.7 Å². The molecule has 0 amide bonds. The number of rotatable bonds is 4. The Bertz CT molecular complexity index is 533. The van der Waals surface area contributed by atoms with E-state index in [1.165, 1.54) is 18.3 Å². The quantitative estimate of drug-likeness (QED) is 0.925. The second-order valence-corrected chi connectivity index (χ2v) is 3.94. The SMILES string of the molecule is CNCc1cnc(Oc2cccc(Cl)c2F)cn1. The van der Waals surface area contributed by atoms with Crippen LogP contribution in [0, 0.1) is 5.82 Å². The monoisotopic (exact) mass is 267 g/mol. The Morgan fingerprint density at radius 3 is 2.83 bits per heavy atom. The predicted molar refractivity (Wildman–Crippen MR) is 66.3 cm³/mol. The topological polar surface area (TPSA) is 47.0 Å². The molecule has 1 aromatic carbocycles. The van der Waals surface area contributed by atoms with Gasteiger partial charge in [-0.2, -0.15) is 0 Å². The first-order valence-electron chi connectivity index (χ1n) is 5.28. The first kappa shape index (κ1) is 12.7. The maximum atomic E-state index is 13.6. The van der Waals surface area contributed by atoms with Gasteiger partial charge in [-0.05, 0) is 19.2 Å². The van der Waals surface area contributed by atoms with Crippen molar-refractivity contribution in [1.82, 2.24) is 15.3 Å². The molecule has 4 nitrogen and oxygen atoms in total. The highest BCUT2D eigenvalue weighted by molar-refractivity contribution is 6.30. The van der Waals surface area contributed by atoms with E-state index >= 15 is 0 Å². The van der Waals surface area contributed by atoms with Crippen LogP contribution in [0.5, 0.6) is 11.6 Å². The number of halogens is 2. The van der Waals surface area contributed by atoms with Crippen LogP contribution in [-0.4, -0.2) is 17.0 Å². The van der Waals surface area contributed by atoms with Crippen molar-refractivity contribution in [3.05, 3.63) is 47.1 Å². The van der Waals surface area contributed by atoms with Crippen LogP contribution in [0.2, 0.25) is 5.02 Å². The number of benzene rings is 1. The molecule has 0 fully saturated rings. The van der Waals surface area contributed by atoms with E-state index < -0.39 is 5.82 Å². The minimum Gasteiger partial charge on any atom is -0.434 e. The fraction of sp³-hybridized carbons (Fsp3) is 0.167. The summed E-state index contributed by atoms with van der Waals surface area (Å²) in [6.45, 7) is 0.610. The molecule has 2 rings (SSSR count). The van der Waals surface area contributed by atoms with Gasteiger partial charge in [-0.15, -0.1) is 0 Å². The fourth-order valence-corrected chi connectivity index (χ4v) is 1.51. The van der Waals surface area contributed by atoms with Crippen molar-refractivity contribution in [2.75, 3.05) is 7.05 Å². The van der Waals surface area contributed by atoms with Gasteiger partial charge in [0.05, 0.1) is 23.1 Å². The third kappa shape index (κ3) is 2.94. The number of aromatic nitrogens is 2. The van der Waals surface area contributed by atoms with Crippen LogP contribution in [0.15, 0.2) is 30.6 Å². The van der Waals surface area contributed by atoms with Gasteiger partial charge in [0.1, 0.15) is 0 Å². The van der Waals surface area contributed by atoms with Gasteiger partial charge in [0.2, 0.25) is 5.88 Å². The van der Waals surface area contributed by atoms with Crippen LogP contribution in [0.4, 0.5) is 4.39 Å². The second-order valence-electron chi connectivity index (χ2n) is 3.53. The molecule has 0 unspecified atom stereocenters. The largest absolute Gasteiger partial charge is 0.434 e. The number of ether oxygens (including phenoxy) is 1. The van der Waals surface area contributed by atoms with E-state index in [1.807, 2.05) is 7.05 Å². The summed E-state index contributed by atoms with van der Waals surface area (Å²) in [6.07, 6.45) is 3.00. The van der Waals surface area contributed by atoms with Crippen molar-refractivity contribution >= 4 is 11.6 Å². The molecular formula is C12H11ClFN3O. The van der Waals surface area contributed by atoms with Crippen LogP contribution in [0.1, 0.15) is 5.69 Å². The normalized spacial score (nSPS) is 10.4. The van der Waals surface area contributed by atoms with Gasteiger partial charge in [-0.3, -0.25) is 4.98 Å². The van der Waals surface area contributed by atoms with Gasteiger partial charge in [0.15, 0.2) is 11.6 Å². The van der Waals surface area contributed by atoms with Crippen LogP contribution in [-0.2, 0) is 6.54 Å². The zero-order valence-corrected chi connectivity index (χ0v) is 10.4. The Labute approximate surface area is 109 Å². The van der Waals surface area contributed by atoms with Gasteiger partial charge >= 0.3 is 0 Å². The molecule has 94 valence electrons. The molecule has 1 aromatic heterocycles. The third-order valence-electron chi connectivity index (χ3n) is 2.17. The molecule has 0 aliphatic heterocycles. The lowest BCUT2D eigenvalue weighted by molar-refractivity contribution is 0.425. The Morgan fingerprint density at radius 2 is 2.17 bits per heavy atom. The highest BCUT2D eigenvalue weighted by Crippen LogP contribution is 2.27. The van der Waals surface area contributed by atoms with Crippen molar-refractivity contribution in [3.8, 4) is 11.6 Å². The lowest BCUT2D eigenvalue weighted by atomic mass is 10.3. The van der Waals surface area contributed by atoms with E-state index in [1.54, 1.807) is 12.3 Å². The molecule has 0 saturated carbocycles. The molecule has 0 radical (unpaired) electrons. The van der Waals surface area contributed by atoms with Gasteiger partial charge < -0.3 is 10.1 Å². The van der Waals surface area contributed by atoms with Crippen molar-refractivity contribution in [2.45, 2.75) is 6.54 Å². The maximum Gasteiger partial charge on any atom is 0.237 e. The molecule has 1 heterocycles. The standard InChI is InChI=1S/C12H11ClFN3O/c1-15-5-8-6-17-11(7-16-8)18-10-4-2-3-9(13)12(10)14/h2-4,6-7,15H,5H2,1H3. The lowest BCUT2D eigenvalue weighted by Gasteiger charge is -2.06. The van der Waals surface area contributed by atoms with E-state index in [4.69, 9.17) is 16.3 Å². The van der Waals surface area contributed by atoms with Gasteiger partial charge in [-0.25, -0.2) is 9.37 Å². The zero-order chi connectivity index (χ0) is 13.0. The predicted octanol–water partition coefficient (Wildman–Crippen LogP) is 2.78. The Morgan fingerprint density at radius 1 is 1.33 bits per heavy atom. The molecule has 2 aromatic rings. The summed E-state index contributed by atoms with van der Waals surface area (Å²) in [5.41, 5.74) is 0.774. The number of hydrogen-bond acceptors (Lipinski definition) is 4. The minimum absolute atomic E-state index is 0.00672. The number of hydrogen-bond donors (Lipinski definition) is 1. The van der Waals surface area contributed by atoms with Crippen LogP contribution >= 0.6 is 11.6 Å². The molecule has 6 heteroatoms. The van der Waals surface area contributed by atoms with Crippen molar-refractivity contribution in [3.63, 3.8) is 0 Å². The molecule has 0 atom stereocenters. The molecule has 0 aliphatic rings. The average molecular weight is 268 g/mol. The fourth-order valence-electron chi connectivity index (χ4n) is 1.34. The number of nitrogens with zero attached hydrogens (tertiary/aromatic N) is 2. The summed E-state index contributed by atoms with van der Waals surface area (Å²) < 4.78 is 18.8. The molecule has 18 heavy (non-hydrogen) atoms. The molecule has 1 N–H and O–H groups in total. The second kappa shape index (κ2) is 5.75. The number of nitrogens with one attached hydrogen (secondary N) is 1.